The minimum Gasteiger partial charge on any atom is -0.489 e. The monoisotopic (exact) mass is 760 g/mol. The highest BCUT2D eigenvalue weighted by atomic mass is 35.5. The van der Waals surface area contributed by atoms with E-state index in [4.69, 9.17) is 42.7 Å². The van der Waals surface area contributed by atoms with E-state index in [0.29, 0.717) is 57.9 Å². The summed E-state index contributed by atoms with van der Waals surface area (Å²) in [4.78, 5) is 39.5. The number of fused-ring (bicyclic) bond motifs is 2. The molecule has 54 heavy (non-hydrogen) atoms. The average Bonchev–Trinajstić information content (AvgIpc) is 3.20. The molecule has 2 aliphatic heterocycles. The molecule has 5 aromatic carbocycles. The van der Waals surface area contributed by atoms with Crippen molar-refractivity contribution in [2.45, 2.75) is 44.2 Å². The van der Waals surface area contributed by atoms with Gasteiger partial charge in [-0.05, 0) is 88.3 Å². The molecule has 10 nitrogen and oxygen atoms in total. The summed E-state index contributed by atoms with van der Waals surface area (Å²) in [7, 11) is 1.29. The number of ether oxygens (including phenoxy) is 3. The predicted molar refractivity (Wildman–Crippen MR) is 204 cm³/mol. The van der Waals surface area contributed by atoms with E-state index in [1.807, 2.05) is 54.6 Å². The maximum absolute atomic E-state index is 13.5. The molecule has 12 heteroatoms. The molecule has 2 amide bonds. The van der Waals surface area contributed by atoms with Crippen molar-refractivity contribution in [1.82, 2.24) is 10.6 Å². The maximum Gasteiger partial charge on any atom is 0.328 e. The first-order chi connectivity index (χ1) is 26.2. The second-order valence-electron chi connectivity index (χ2n) is 13.0. The van der Waals surface area contributed by atoms with Gasteiger partial charge >= 0.3 is 5.97 Å². The zero-order valence-electron chi connectivity index (χ0n) is 29.0. The number of esters is 1. The van der Waals surface area contributed by atoms with Crippen molar-refractivity contribution in [1.29, 1.82) is 5.26 Å². The van der Waals surface area contributed by atoms with E-state index in [-0.39, 0.29) is 18.2 Å². The summed E-state index contributed by atoms with van der Waals surface area (Å²) in [5.74, 6) is -0.0646. The number of anilines is 1. The van der Waals surface area contributed by atoms with E-state index in [0.717, 1.165) is 33.4 Å². The number of rotatable bonds is 10. The number of amides is 2. The van der Waals surface area contributed by atoms with Gasteiger partial charge in [-0.1, -0.05) is 77.8 Å². The number of halogens is 2. The molecular formula is C42H34Cl2N4O6. The van der Waals surface area contributed by atoms with E-state index in [9.17, 15) is 14.4 Å². The number of carbonyl (C=O) groups is 3. The van der Waals surface area contributed by atoms with Gasteiger partial charge in [-0.15, -0.1) is 0 Å². The number of hydrogen-bond donors (Lipinski definition) is 3. The lowest BCUT2D eigenvalue weighted by Crippen LogP contribution is -2.53. The largest absolute Gasteiger partial charge is 0.489 e. The van der Waals surface area contributed by atoms with Crippen LogP contribution >= 0.6 is 23.2 Å². The maximum atomic E-state index is 13.5. The Morgan fingerprint density at radius 1 is 0.907 bits per heavy atom. The van der Waals surface area contributed by atoms with Crippen LogP contribution in [-0.4, -0.2) is 37.0 Å². The molecule has 2 heterocycles. The van der Waals surface area contributed by atoms with Gasteiger partial charge in [0.15, 0.2) is 0 Å². The first-order valence-electron chi connectivity index (χ1n) is 17.2. The lowest BCUT2D eigenvalue weighted by atomic mass is 9.93. The Bertz CT molecular complexity index is 2260. The van der Waals surface area contributed by atoms with Crippen LogP contribution in [0.3, 0.4) is 0 Å². The van der Waals surface area contributed by atoms with Gasteiger partial charge in [-0.3, -0.25) is 9.59 Å². The van der Waals surface area contributed by atoms with Crippen molar-refractivity contribution in [3.8, 4) is 28.7 Å². The second-order valence-corrected chi connectivity index (χ2v) is 13.8. The summed E-state index contributed by atoms with van der Waals surface area (Å²) in [5, 5.41) is 19.1. The smallest absolute Gasteiger partial charge is 0.328 e. The van der Waals surface area contributed by atoms with E-state index in [1.54, 1.807) is 48.5 Å². The number of methoxy groups -OCH3 is 1. The highest BCUT2D eigenvalue weighted by Gasteiger charge is 2.33. The Morgan fingerprint density at radius 2 is 1.61 bits per heavy atom. The van der Waals surface area contributed by atoms with Crippen molar-refractivity contribution in [2.75, 3.05) is 12.4 Å². The molecule has 0 bridgehead atoms. The van der Waals surface area contributed by atoms with Gasteiger partial charge in [0, 0.05) is 18.5 Å². The normalized spacial score (nSPS) is 16.4. The number of nitrogens with one attached hydrogen (secondary N) is 3. The summed E-state index contributed by atoms with van der Waals surface area (Å²) in [6, 6.07) is 31.7. The Kier molecular flexibility index (Phi) is 10.8. The minimum atomic E-state index is -0.900. The molecular weight excluding hydrogens is 727 g/mol. The van der Waals surface area contributed by atoms with E-state index in [1.165, 1.54) is 7.11 Å². The number of hydrogen-bond acceptors (Lipinski definition) is 8. The van der Waals surface area contributed by atoms with Crippen molar-refractivity contribution >= 4 is 46.7 Å². The molecule has 0 saturated heterocycles. The van der Waals surface area contributed by atoms with Gasteiger partial charge < -0.3 is 30.2 Å². The molecule has 7 rings (SSSR count). The van der Waals surface area contributed by atoms with E-state index in [2.05, 4.69) is 22.0 Å². The zero-order valence-corrected chi connectivity index (χ0v) is 30.5. The van der Waals surface area contributed by atoms with Crippen LogP contribution in [0, 0.1) is 11.3 Å². The minimum absolute atomic E-state index is 0.238. The van der Waals surface area contributed by atoms with Crippen molar-refractivity contribution in [3.63, 3.8) is 0 Å². The zero-order chi connectivity index (χ0) is 37.8. The fourth-order valence-corrected chi connectivity index (χ4v) is 6.80. The third kappa shape index (κ3) is 8.19. The Morgan fingerprint density at radius 3 is 2.30 bits per heavy atom. The summed E-state index contributed by atoms with van der Waals surface area (Å²) in [5.41, 5.74) is 7.22. The van der Waals surface area contributed by atoms with Crippen molar-refractivity contribution in [3.05, 3.63) is 147 Å². The number of nitriles is 1. The third-order valence-electron chi connectivity index (χ3n) is 9.44. The molecule has 1 unspecified atom stereocenters. The highest BCUT2D eigenvalue weighted by molar-refractivity contribution is 6.42. The van der Waals surface area contributed by atoms with Gasteiger partial charge in [-0.25, -0.2) is 4.79 Å². The van der Waals surface area contributed by atoms with Gasteiger partial charge in [0.1, 0.15) is 24.1 Å². The summed E-state index contributed by atoms with van der Waals surface area (Å²) in [6.07, 6.45) is -0.288. The first kappa shape index (κ1) is 36.5. The fraction of sp³-hybridized carbons (Fsp3) is 0.190. The molecule has 3 N–H and O–H groups in total. The van der Waals surface area contributed by atoms with Gasteiger partial charge in [-0.2, -0.15) is 5.26 Å². The summed E-state index contributed by atoms with van der Waals surface area (Å²) < 4.78 is 17.1. The van der Waals surface area contributed by atoms with Crippen LogP contribution in [0.15, 0.2) is 103 Å². The molecule has 0 saturated carbocycles. The molecule has 0 fully saturated rings. The Labute approximate surface area is 322 Å². The van der Waals surface area contributed by atoms with Crippen LogP contribution in [-0.2, 0) is 45.1 Å². The first-order valence-corrected chi connectivity index (χ1v) is 17.9. The standard InChI is InChI=1S/C42H34Cl2N4O6/c1-52-42(51)37(17-24-2-7-27(8-3-24)28-9-4-25(21-45)5-10-28)48-40(49)36-19-30-18-35-38(20-31(30)22-46-36)54-39(41(50)47-35)29-11-13-32(14-12-29)53-23-26-6-15-33(43)34(44)16-26/h2-16,18,20,36-37,39,46H,17,19,22-23H2,1H3,(H,47,50)(H,48,49)/t36?,37-,39-/m0/s1. The quantitative estimate of drug-likeness (QED) is 0.128. The predicted octanol–water partition coefficient (Wildman–Crippen LogP) is 7.10. The molecule has 5 aromatic rings. The Balaban J connectivity index is 0.969. The molecule has 272 valence electrons. The van der Waals surface area contributed by atoms with Crippen LogP contribution in [0.4, 0.5) is 5.69 Å². The SMILES string of the molecule is COC(=O)[C@H](Cc1ccc(-c2ccc(C#N)cc2)cc1)NC(=O)C1Cc2cc3c(cc2CN1)O[C@@H](c1ccc(OCc2ccc(Cl)c(Cl)c2)cc1)C(=O)N3. The molecule has 0 aromatic heterocycles. The third-order valence-corrected chi connectivity index (χ3v) is 10.2. The molecule has 0 aliphatic carbocycles. The van der Waals surface area contributed by atoms with Crippen LogP contribution in [0.5, 0.6) is 11.5 Å². The van der Waals surface area contributed by atoms with Gasteiger partial charge in [0.2, 0.25) is 12.0 Å². The molecule has 3 atom stereocenters. The van der Waals surface area contributed by atoms with Gasteiger partial charge in [0.25, 0.3) is 5.91 Å². The van der Waals surface area contributed by atoms with E-state index < -0.39 is 24.2 Å². The van der Waals surface area contributed by atoms with Crippen molar-refractivity contribution in [2.24, 2.45) is 0 Å². The Hall–Kier alpha value is -5.86. The molecule has 0 spiro atoms. The number of benzene rings is 5. The topological polar surface area (TPSA) is 139 Å². The average molecular weight is 762 g/mol. The van der Waals surface area contributed by atoms with E-state index >= 15 is 0 Å². The number of nitrogens with zero attached hydrogens (tertiary/aromatic N) is 1. The van der Waals surface area contributed by atoms with Crippen LogP contribution in [0.25, 0.3) is 11.1 Å². The van der Waals surface area contributed by atoms with Crippen molar-refractivity contribution < 1.29 is 28.6 Å². The summed E-state index contributed by atoms with van der Waals surface area (Å²) in [6.45, 7) is 0.683. The lowest BCUT2D eigenvalue weighted by Gasteiger charge is -2.31. The fourth-order valence-electron chi connectivity index (χ4n) is 6.47. The van der Waals surface area contributed by atoms with Crippen LogP contribution in [0.1, 0.15) is 39.5 Å². The highest BCUT2D eigenvalue weighted by Crippen LogP contribution is 2.38. The number of carbonyl (C=O) groups excluding carboxylic acids is 3. The van der Waals surface area contributed by atoms with Crippen LogP contribution in [0.2, 0.25) is 10.0 Å². The van der Waals surface area contributed by atoms with Gasteiger partial charge in [0.05, 0.1) is 40.5 Å². The lowest BCUT2D eigenvalue weighted by molar-refractivity contribution is -0.145. The molecule has 2 aliphatic rings. The molecule has 0 radical (unpaired) electrons. The second kappa shape index (κ2) is 16.0. The van der Waals surface area contributed by atoms with Crippen LogP contribution < -0.4 is 25.4 Å². The summed E-state index contributed by atoms with van der Waals surface area (Å²) >= 11 is 12.1.